The highest BCUT2D eigenvalue weighted by molar-refractivity contribution is 6.32. The van der Waals surface area contributed by atoms with Gasteiger partial charge < -0.3 is 30.2 Å². The van der Waals surface area contributed by atoms with E-state index in [0.717, 1.165) is 25.0 Å². The second-order valence-corrected chi connectivity index (χ2v) is 7.51. The van der Waals surface area contributed by atoms with Crippen molar-refractivity contribution >= 4 is 41.0 Å². The zero-order chi connectivity index (χ0) is 21.6. The maximum absolute atomic E-state index is 12.2. The van der Waals surface area contributed by atoms with E-state index in [1.54, 1.807) is 42.5 Å². The number of rotatable bonds is 6. The number of hydrogen-bond acceptors (Lipinski definition) is 5. The normalized spacial score (nSPS) is 17.0. The van der Waals surface area contributed by atoms with Gasteiger partial charge in [-0.15, -0.1) is 0 Å². The molecule has 31 heavy (non-hydrogen) atoms. The Kier molecular flexibility index (Phi) is 6.59. The monoisotopic (exact) mass is 443 g/mol. The molecule has 0 radical (unpaired) electrons. The van der Waals surface area contributed by atoms with Gasteiger partial charge in [-0.2, -0.15) is 0 Å². The number of hydrogen-bond donors (Lipinski definition) is 3. The Bertz CT molecular complexity index is 987. The van der Waals surface area contributed by atoms with E-state index in [0.29, 0.717) is 34.4 Å². The molecular formula is C22H22ClN3O5. The van der Waals surface area contributed by atoms with E-state index >= 15 is 0 Å². The first-order valence-electron chi connectivity index (χ1n) is 9.91. The fourth-order valence-corrected chi connectivity index (χ4v) is 3.54. The Morgan fingerprint density at radius 1 is 1.10 bits per heavy atom. The third kappa shape index (κ3) is 5.68. The zero-order valence-electron chi connectivity index (χ0n) is 16.7. The molecule has 0 aliphatic carbocycles. The summed E-state index contributed by atoms with van der Waals surface area (Å²) < 4.78 is 16.1. The standard InChI is InChI=1S/C22H22ClN3O5/c23-18-10-14(11-19-21(18)31-13-30-19)3-8-20(27)25-15-4-6-16(7-5-15)26-22(28)24-12-17-2-1-9-29-17/h3-8,10-11,17H,1-2,9,12-13H2,(H,25,27)(H2,24,26,28)/b8-3+. The summed E-state index contributed by atoms with van der Waals surface area (Å²) in [5.41, 5.74) is 1.94. The minimum absolute atomic E-state index is 0.0880. The lowest BCUT2D eigenvalue weighted by molar-refractivity contribution is -0.111. The minimum atomic E-state index is -0.302. The van der Waals surface area contributed by atoms with Gasteiger partial charge in [-0.1, -0.05) is 11.6 Å². The Hall–Kier alpha value is -3.23. The summed E-state index contributed by atoms with van der Waals surface area (Å²) in [6, 6.07) is 9.99. The van der Waals surface area contributed by atoms with Crippen molar-refractivity contribution < 1.29 is 23.8 Å². The number of nitrogens with one attached hydrogen (secondary N) is 3. The van der Waals surface area contributed by atoms with Crippen LogP contribution in [-0.4, -0.2) is 38.0 Å². The molecule has 0 saturated carbocycles. The van der Waals surface area contributed by atoms with Crippen molar-refractivity contribution in [2.24, 2.45) is 0 Å². The number of anilines is 2. The van der Waals surface area contributed by atoms with E-state index in [4.69, 9.17) is 25.8 Å². The molecule has 3 N–H and O–H groups in total. The molecule has 3 amide bonds. The molecule has 2 aromatic carbocycles. The number of carbonyl (C=O) groups is 2. The van der Waals surface area contributed by atoms with Crippen molar-refractivity contribution in [3.63, 3.8) is 0 Å². The van der Waals surface area contributed by atoms with E-state index in [9.17, 15) is 9.59 Å². The first-order chi connectivity index (χ1) is 15.1. The molecule has 1 fully saturated rings. The maximum atomic E-state index is 12.2. The lowest BCUT2D eigenvalue weighted by atomic mass is 10.2. The third-order valence-electron chi connectivity index (χ3n) is 4.80. The summed E-state index contributed by atoms with van der Waals surface area (Å²) in [5.74, 6) is 0.761. The summed E-state index contributed by atoms with van der Waals surface area (Å²) in [6.45, 7) is 1.37. The fraction of sp³-hybridized carbons (Fsp3) is 0.273. The largest absolute Gasteiger partial charge is 0.454 e. The number of carbonyl (C=O) groups excluding carboxylic acids is 2. The molecule has 1 saturated heterocycles. The predicted octanol–water partition coefficient (Wildman–Crippen LogP) is 4.02. The molecule has 0 aromatic heterocycles. The predicted molar refractivity (Wildman–Crippen MR) is 118 cm³/mol. The van der Waals surface area contributed by atoms with Crippen molar-refractivity contribution in [1.82, 2.24) is 5.32 Å². The molecule has 0 bridgehead atoms. The van der Waals surface area contributed by atoms with Gasteiger partial charge in [0.05, 0.1) is 11.1 Å². The minimum Gasteiger partial charge on any atom is -0.454 e. The van der Waals surface area contributed by atoms with Crippen LogP contribution < -0.4 is 25.4 Å². The molecule has 2 heterocycles. The van der Waals surface area contributed by atoms with Gasteiger partial charge >= 0.3 is 6.03 Å². The number of amides is 3. The van der Waals surface area contributed by atoms with Crippen LogP contribution in [0.5, 0.6) is 11.5 Å². The average Bonchev–Trinajstić information content (AvgIpc) is 3.44. The van der Waals surface area contributed by atoms with Crippen molar-refractivity contribution in [1.29, 1.82) is 0 Å². The Morgan fingerprint density at radius 3 is 2.61 bits per heavy atom. The second-order valence-electron chi connectivity index (χ2n) is 7.11. The lowest BCUT2D eigenvalue weighted by Gasteiger charge is -2.12. The molecule has 2 aliphatic heterocycles. The summed E-state index contributed by atoms with van der Waals surface area (Å²) >= 11 is 6.14. The number of ether oxygens (including phenoxy) is 3. The smallest absolute Gasteiger partial charge is 0.319 e. The molecular weight excluding hydrogens is 422 g/mol. The van der Waals surface area contributed by atoms with E-state index in [1.165, 1.54) is 6.08 Å². The van der Waals surface area contributed by atoms with Crippen LogP contribution >= 0.6 is 11.6 Å². The van der Waals surface area contributed by atoms with Gasteiger partial charge in [0.1, 0.15) is 0 Å². The average molecular weight is 444 g/mol. The Morgan fingerprint density at radius 2 is 1.87 bits per heavy atom. The number of fused-ring (bicyclic) bond motifs is 1. The van der Waals surface area contributed by atoms with Gasteiger partial charge in [-0.3, -0.25) is 4.79 Å². The van der Waals surface area contributed by atoms with E-state index in [2.05, 4.69) is 16.0 Å². The lowest BCUT2D eigenvalue weighted by Crippen LogP contribution is -2.35. The molecule has 2 aromatic rings. The summed E-state index contributed by atoms with van der Waals surface area (Å²) in [7, 11) is 0. The fourth-order valence-electron chi connectivity index (χ4n) is 3.26. The number of urea groups is 1. The third-order valence-corrected chi connectivity index (χ3v) is 5.08. The van der Waals surface area contributed by atoms with Crippen LogP contribution in [0, 0.1) is 0 Å². The SMILES string of the molecule is O=C(/C=C/c1cc(Cl)c2c(c1)OCO2)Nc1ccc(NC(=O)NCC2CCCO2)cc1. The van der Waals surface area contributed by atoms with Crippen LogP contribution in [0.1, 0.15) is 18.4 Å². The summed E-state index contributed by atoms with van der Waals surface area (Å²) in [5, 5.41) is 8.73. The molecule has 4 rings (SSSR count). The Labute approximate surface area is 184 Å². The van der Waals surface area contributed by atoms with Crippen LogP contribution in [0.25, 0.3) is 6.08 Å². The molecule has 2 aliphatic rings. The van der Waals surface area contributed by atoms with Gasteiger partial charge in [0.2, 0.25) is 12.7 Å². The van der Waals surface area contributed by atoms with Gasteiger partial charge in [0.15, 0.2) is 11.5 Å². The number of halogens is 1. The second kappa shape index (κ2) is 9.72. The molecule has 1 atom stereocenters. The van der Waals surface area contributed by atoms with Gasteiger partial charge in [-0.05, 0) is 60.9 Å². The van der Waals surface area contributed by atoms with Crippen LogP contribution in [0.4, 0.5) is 16.2 Å². The van der Waals surface area contributed by atoms with E-state index < -0.39 is 0 Å². The number of benzene rings is 2. The van der Waals surface area contributed by atoms with Gasteiger partial charge in [-0.25, -0.2) is 4.79 Å². The summed E-state index contributed by atoms with van der Waals surface area (Å²) in [4.78, 5) is 24.2. The summed E-state index contributed by atoms with van der Waals surface area (Å²) in [6.07, 6.45) is 5.12. The molecule has 9 heteroatoms. The highest BCUT2D eigenvalue weighted by atomic mass is 35.5. The highest BCUT2D eigenvalue weighted by Crippen LogP contribution is 2.40. The molecule has 162 valence electrons. The van der Waals surface area contributed by atoms with Crippen LogP contribution in [0.15, 0.2) is 42.5 Å². The van der Waals surface area contributed by atoms with Crippen molar-refractivity contribution in [3.8, 4) is 11.5 Å². The molecule has 0 spiro atoms. The van der Waals surface area contributed by atoms with Gasteiger partial charge in [0.25, 0.3) is 0 Å². The van der Waals surface area contributed by atoms with Crippen LogP contribution in [0.3, 0.4) is 0 Å². The Balaban J connectivity index is 1.26. The van der Waals surface area contributed by atoms with Gasteiger partial charge in [0, 0.05) is 30.6 Å². The van der Waals surface area contributed by atoms with E-state index in [-0.39, 0.29) is 24.8 Å². The molecule has 1 unspecified atom stereocenters. The van der Waals surface area contributed by atoms with Crippen molar-refractivity contribution in [2.45, 2.75) is 18.9 Å². The molecule has 8 nitrogen and oxygen atoms in total. The van der Waals surface area contributed by atoms with Crippen LogP contribution in [-0.2, 0) is 9.53 Å². The van der Waals surface area contributed by atoms with E-state index in [1.807, 2.05) is 0 Å². The van der Waals surface area contributed by atoms with Crippen molar-refractivity contribution in [2.75, 3.05) is 30.6 Å². The zero-order valence-corrected chi connectivity index (χ0v) is 17.4. The maximum Gasteiger partial charge on any atom is 0.319 e. The van der Waals surface area contributed by atoms with Crippen molar-refractivity contribution in [3.05, 3.63) is 53.1 Å². The topological polar surface area (TPSA) is 97.9 Å². The van der Waals surface area contributed by atoms with Crippen LogP contribution in [0.2, 0.25) is 5.02 Å². The quantitative estimate of drug-likeness (QED) is 0.586. The first kappa shape index (κ1) is 21.0. The first-order valence-corrected chi connectivity index (χ1v) is 10.3. The highest BCUT2D eigenvalue weighted by Gasteiger charge is 2.18.